The number of aliphatic hydroxyl groups is 1. The summed E-state index contributed by atoms with van der Waals surface area (Å²) in [7, 11) is 0. The van der Waals surface area contributed by atoms with Crippen molar-refractivity contribution in [3.63, 3.8) is 0 Å². The van der Waals surface area contributed by atoms with E-state index in [1.165, 1.54) is 0 Å². The standard InChI is InChI=1S/C16H18N2O2/c17-9-8-12-4-6-14(7-5-12)16(20)18-15-3-1-2-13(10-15)11-19/h1-7,10,19H,8-9,11,17H2,(H,18,20). The zero-order chi connectivity index (χ0) is 14.4. The smallest absolute Gasteiger partial charge is 0.255 e. The van der Waals surface area contributed by atoms with Gasteiger partial charge < -0.3 is 16.2 Å². The number of carbonyl (C=O) groups is 1. The molecule has 104 valence electrons. The maximum Gasteiger partial charge on any atom is 0.255 e. The summed E-state index contributed by atoms with van der Waals surface area (Å²) >= 11 is 0. The van der Waals surface area contributed by atoms with Crippen LogP contribution in [0.15, 0.2) is 48.5 Å². The highest BCUT2D eigenvalue weighted by atomic mass is 16.3. The highest BCUT2D eigenvalue weighted by Gasteiger charge is 2.06. The number of carbonyl (C=O) groups excluding carboxylic acids is 1. The van der Waals surface area contributed by atoms with E-state index in [9.17, 15) is 4.79 Å². The molecule has 0 fully saturated rings. The van der Waals surface area contributed by atoms with Crippen LogP contribution in [0.25, 0.3) is 0 Å². The van der Waals surface area contributed by atoms with Crippen LogP contribution in [-0.4, -0.2) is 17.6 Å². The Bertz CT molecular complexity index is 579. The van der Waals surface area contributed by atoms with E-state index in [1.54, 1.807) is 36.4 Å². The van der Waals surface area contributed by atoms with Crippen molar-refractivity contribution < 1.29 is 9.90 Å². The van der Waals surface area contributed by atoms with E-state index in [0.29, 0.717) is 17.8 Å². The van der Waals surface area contributed by atoms with Crippen LogP contribution in [0.5, 0.6) is 0 Å². The first-order valence-corrected chi connectivity index (χ1v) is 6.53. The molecule has 0 saturated heterocycles. The largest absolute Gasteiger partial charge is 0.392 e. The van der Waals surface area contributed by atoms with Crippen molar-refractivity contribution in [2.75, 3.05) is 11.9 Å². The zero-order valence-electron chi connectivity index (χ0n) is 11.2. The summed E-state index contributed by atoms with van der Waals surface area (Å²) in [6, 6.07) is 14.5. The molecule has 0 spiro atoms. The van der Waals surface area contributed by atoms with Gasteiger partial charge in [-0.25, -0.2) is 0 Å². The predicted octanol–water partition coefficient (Wildman–Crippen LogP) is 1.93. The van der Waals surface area contributed by atoms with Crippen molar-refractivity contribution in [1.82, 2.24) is 0 Å². The summed E-state index contributed by atoms with van der Waals surface area (Å²) in [6.07, 6.45) is 0.806. The molecule has 2 rings (SSSR count). The molecule has 0 aliphatic carbocycles. The summed E-state index contributed by atoms with van der Waals surface area (Å²) < 4.78 is 0. The number of anilines is 1. The third kappa shape index (κ3) is 3.66. The quantitative estimate of drug-likeness (QED) is 0.777. The van der Waals surface area contributed by atoms with Gasteiger partial charge in [0.1, 0.15) is 0 Å². The van der Waals surface area contributed by atoms with Crippen LogP contribution >= 0.6 is 0 Å². The van der Waals surface area contributed by atoms with Crippen LogP contribution in [0.1, 0.15) is 21.5 Å². The normalized spacial score (nSPS) is 10.3. The zero-order valence-corrected chi connectivity index (χ0v) is 11.2. The van der Waals surface area contributed by atoms with Gasteiger partial charge in [-0.2, -0.15) is 0 Å². The Hall–Kier alpha value is -2.17. The second-order valence-electron chi connectivity index (χ2n) is 4.55. The molecule has 2 aromatic rings. The molecule has 0 radical (unpaired) electrons. The number of nitrogens with one attached hydrogen (secondary N) is 1. The van der Waals surface area contributed by atoms with E-state index in [-0.39, 0.29) is 12.5 Å². The van der Waals surface area contributed by atoms with Crippen molar-refractivity contribution in [1.29, 1.82) is 0 Å². The average Bonchev–Trinajstić information content (AvgIpc) is 2.48. The molecular weight excluding hydrogens is 252 g/mol. The molecular formula is C16H18N2O2. The van der Waals surface area contributed by atoms with E-state index in [1.807, 2.05) is 12.1 Å². The average molecular weight is 270 g/mol. The number of aliphatic hydroxyl groups excluding tert-OH is 1. The molecule has 0 unspecified atom stereocenters. The first-order valence-electron chi connectivity index (χ1n) is 6.53. The summed E-state index contributed by atoms with van der Waals surface area (Å²) in [4.78, 5) is 12.1. The molecule has 0 aromatic heterocycles. The van der Waals surface area contributed by atoms with Gasteiger partial charge in [0.05, 0.1) is 6.61 Å². The Morgan fingerprint density at radius 2 is 1.85 bits per heavy atom. The van der Waals surface area contributed by atoms with E-state index in [2.05, 4.69) is 5.32 Å². The minimum Gasteiger partial charge on any atom is -0.392 e. The minimum atomic E-state index is -0.167. The topological polar surface area (TPSA) is 75.4 Å². The Kier molecular flexibility index (Phi) is 4.87. The second-order valence-corrected chi connectivity index (χ2v) is 4.55. The summed E-state index contributed by atoms with van der Waals surface area (Å²) in [5, 5.41) is 11.9. The summed E-state index contributed by atoms with van der Waals surface area (Å²) in [5.74, 6) is -0.167. The highest BCUT2D eigenvalue weighted by Crippen LogP contribution is 2.13. The van der Waals surface area contributed by atoms with Crippen LogP contribution in [0, 0.1) is 0 Å². The number of rotatable bonds is 5. The van der Waals surface area contributed by atoms with Crippen molar-refractivity contribution in [3.8, 4) is 0 Å². The molecule has 0 heterocycles. The molecule has 4 nitrogen and oxygen atoms in total. The van der Waals surface area contributed by atoms with Gasteiger partial charge in [-0.05, 0) is 48.4 Å². The molecule has 0 saturated carbocycles. The molecule has 4 N–H and O–H groups in total. The molecule has 0 aliphatic rings. The molecule has 0 bridgehead atoms. The number of benzene rings is 2. The number of nitrogens with two attached hydrogens (primary N) is 1. The second kappa shape index (κ2) is 6.84. The maximum absolute atomic E-state index is 12.1. The SMILES string of the molecule is NCCc1ccc(C(=O)Nc2cccc(CO)c2)cc1. The molecule has 20 heavy (non-hydrogen) atoms. The van der Waals surface area contributed by atoms with Gasteiger partial charge in [0.25, 0.3) is 5.91 Å². The van der Waals surface area contributed by atoms with Crippen molar-refractivity contribution in [2.45, 2.75) is 13.0 Å². The van der Waals surface area contributed by atoms with Gasteiger partial charge in [0, 0.05) is 11.3 Å². The van der Waals surface area contributed by atoms with E-state index >= 15 is 0 Å². The molecule has 4 heteroatoms. The number of amides is 1. The van der Waals surface area contributed by atoms with Gasteiger partial charge in [0.15, 0.2) is 0 Å². The third-order valence-electron chi connectivity index (χ3n) is 3.02. The van der Waals surface area contributed by atoms with E-state index in [0.717, 1.165) is 17.5 Å². The monoisotopic (exact) mass is 270 g/mol. The molecule has 2 aromatic carbocycles. The lowest BCUT2D eigenvalue weighted by Gasteiger charge is -2.07. The van der Waals surface area contributed by atoms with Crippen LogP contribution in [0.4, 0.5) is 5.69 Å². The van der Waals surface area contributed by atoms with Gasteiger partial charge in [-0.3, -0.25) is 4.79 Å². The van der Waals surface area contributed by atoms with E-state index < -0.39 is 0 Å². The molecule has 0 aliphatic heterocycles. The lowest BCUT2D eigenvalue weighted by Crippen LogP contribution is -2.12. The van der Waals surface area contributed by atoms with Crippen molar-refractivity contribution in [3.05, 3.63) is 65.2 Å². The lowest BCUT2D eigenvalue weighted by molar-refractivity contribution is 0.102. The third-order valence-corrected chi connectivity index (χ3v) is 3.02. The Balaban J connectivity index is 2.07. The van der Waals surface area contributed by atoms with Gasteiger partial charge in [-0.1, -0.05) is 24.3 Å². The Morgan fingerprint density at radius 3 is 2.50 bits per heavy atom. The number of hydrogen-bond acceptors (Lipinski definition) is 3. The van der Waals surface area contributed by atoms with Crippen LogP contribution in [0.3, 0.4) is 0 Å². The predicted molar refractivity (Wildman–Crippen MR) is 79.5 cm³/mol. The fourth-order valence-corrected chi connectivity index (χ4v) is 1.94. The van der Waals surface area contributed by atoms with E-state index in [4.69, 9.17) is 10.8 Å². The van der Waals surface area contributed by atoms with Crippen molar-refractivity contribution in [2.24, 2.45) is 5.73 Å². The fourth-order valence-electron chi connectivity index (χ4n) is 1.94. The first-order chi connectivity index (χ1) is 9.72. The lowest BCUT2D eigenvalue weighted by atomic mass is 10.1. The highest BCUT2D eigenvalue weighted by molar-refractivity contribution is 6.04. The summed E-state index contributed by atoms with van der Waals surface area (Å²) in [6.45, 7) is 0.553. The summed E-state index contributed by atoms with van der Waals surface area (Å²) in [5.41, 5.74) is 8.64. The molecule has 0 atom stereocenters. The van der Waals surface area contributed by atoms with Gasteiger partial charge >= 0.3 is 0 Å². The first kappa shape index (κ1) is 14.2. The molecule has 1 amide bonds. The van der Waals surface area contributed by atoms with Crippen LogP contribution < -0.4 is 11.1 Å². The Morgan fingerprint density at radius 1 is 1.10 bits per heavy atom. The Labute approximate surface area is 118 Å². The van der Waals surface area contributed by atoms with Crippen LogP contribution in [0.2, 0.25) is 0 Å². The fraction of sp³-hybridized carbons (Fsp3) is 0.188. The number of hydrogen-bond donors (Lipinski definition) is 3. The van der Waals surface area contributed by atoms with Gasteiger partial charge in [-0.15, -0.1) is 0 Å². The maximum atomic E-state index is 12.1. The van der Waals surface area contributed by atoms with Crippen LogP contribution in [-0.2, 0) is 13.0 Å². The van der Waals surface area contributed by atoms with Gasteiger partial charge in [0.2, 0.25) is 0 Å². The minimum absolute atomic E-state index is 0.0442. The van der Waals surface area contributed by atoms with Crippen molar-refractivity contribution >= 4 is 11.6 Å².